The maximum absolute atomic E-state index is 4.31. The number of hydrogen-bond donors (Lipinski definition) is 1. The summed E-state index contributed by atoms with van der Waals surface area (Å²) in [5.41, 5.74) is 2.77. The Morgan fingerprint density at radius 1 is 1.37 bits per heavy atom. The highest BCUT2D eigenvalue weighted by atomic mass is 14.9. The van der Waals surface area contributed by atoms with Crippen LogP contribution in [0.3, 0.4) is 0 Å². The molecule has 0 aliphatic heterocycles. The summed E-state index contributed by atoms with van der Waals surface area (Å²) in [6.07, 6.45) is 13.6. The van der Waals surface area contributed by atoms with Crippen LogP contribution in [0.5, 0.6) is 0 Å². The highest BCUT2D eigenvalue weighted by Gasteiger charge is 2.19. The van der Waals surface area contributed by atoms with E-state index in [0.29, 0.717) is 6.04 Å². The summed E-state index contributed by atoms with van der Waals surface area (Å²) in [6, 6.07) is 2.63. The van der Waals surface area contributed by atoms with Crippen molar-refractivity contribution in [2.24, 2.45) is 5.92 Å². The molecule has 0 spiro atoms. The first-order chi connectivity index (χ1) is 9.31. The Hall–Kier alpha value is -0.890. The second kappa shape index (κ2) is 7.64. The lowest BCUT2D eigenvalue weighted by Crippen LogP contribution is -2.23. The van der Waals surface area contributed by atoms with Gasteiger partial charge >= 0.3 is 0 Å². The van der Waals surface area contributed by atoms with Gasteiger partial charge in [-0.2, -0.15) is 0 Å². The number of hydrogen-bond acceptors (Lipinski definition) is 2. The predicted molar refractivity (Wildman–Crippen MR) is 81.2 cm³/mol. The zero-order valence-electron chi connectivity index (χ0n) is 12.5. The van der Waals surface area contributed by atoms with Crippen LogP contribution >= 0.6 is 0 Å². The molecule has 1 N–H and O–H groups in total. The molecule has 0 aromatic carbocycles. The Morgan fingerprint density at radius 2 is 2.16 bits per heavy atom. The molecule has 2 heteroatoms. The summed E-state index contributed by atoms with van der Waals surface area (Å²) in [4.78, 5) is 4.31. The van der Waals surface area contributed by atoms with Gasteiger partial charge in [-0.25, -0.2) is 0 Å². The van der Waals surface area contributed by atoms with Crippen molar-refractivity contribution in [2.75, 3.05) is 6.54 Å². The van der Waals surface area contributed by atoms with E-state index in [4.69, 9.17) is 0 Å². The molecule has 1 aromatic heterocycles. The molecular formula is C17H28N2. The molecule has 1 aromatic rings. The largest absolute Gasteiger partial charge is 0.310 e. The van der Waals surface area contributed by atoms with Crippen molar-refractivity contribution in [1.29, 1.82) is 0 Å². The van der Waals surface area contributed by atoms with E-state index >= 15 is 0 Å². The van der Waals surface area contributed by atoms with Crippen LogP contribution in [0.25, 0.3) is 0 Å². The summed E-state index contributed by atoms with van der Waals surface area (Å²) in [7, 11) is 0. The van der Waals surface area contributed by atoms with Crippen LogP contribution in [0.15, 0.2) is 18.5 Å². The Morgan fingerprint density at radius 3 is 2.84 bits per heavy atom. The lowest BCUT2D eigenvalue weighted by Gasteiger charge is -2.22. The number of nitrogens with zero attached hydrogens (tertiary/aromatic N) is 1. The van der Waals surface area contributed by atoms with E-state index < -0.39 is 0 Å². The number of rotatable bonds is 7. The van der Waals surface area contributed by atoms with Crippen LogP contribution in [0.2, 0.25) is 0 Å². The fourth-order valence-corrected chi connectivity index (χ4v) is 3.23. The number of aromatic nitrogens is 1. The van der Waals surface area contributed by atoms with Gasteiger partial charge < -0.3 is 5.32 Å². The smallest absolute Gasteiger partial charge is 0.0338 e. The Labute approximate surface area is 118 Å². The average Bonchev–Trinajstić information content (AvgIpc) is 2.93. The van der Waals surface area contributed by atoms with Gasteiger partial charge in [0.05, 0.1) is 0 Å². The van der Waals surface area contributed by atoms with E-state index in [9.17, 15) is 0 Å². The van der Waals surface area contributed by atoms with E-state index in [2.05, 4.69) is 36.4 Å². The van der Waals surface area contributed by atoms with Crippen molar-refractivity contribution >= 4 is 0 Å². The van der Waals surface area contributed by atoms with Gasteiger partial charge in [-0.1, -0.05) is 32.6 Å². The van der Waals surface area contributed by atoms with Crippen LogP contribution in [0.4, 0.5) is 0 Å². The number of aryl methyl sites for hydroxylation is 1. The fraction of sp³-hybridized carbons (Fsp3) is 0.706. The molecule has 2 rings (SSSR count). The second-order valence-electron chi connectivity index (χ2n) is 5.97. The van der Waals surface area contributed by atoms with Gasteiger partial charge in [-0.3, -0.25) is 4.98 Å². The third kappa shape index (κ3) is 4.31. The molecule has 1 aliphatic rings. The molecule has 0 saturated heterocycles. The minimum absolute atomic E-state index is 0.495. The number of pyridine rings is 1. The fourth-order valence-electron chi connectivity index (χ4n) is 3.23. The lowest BCUT2D eigenvalue weighted by molar-refractivity contribution is 0.410. The SMILES string of the molecule is CCCNC(CCC1CCCC1)c1cnccc1C. The van der Waals surface area contributed by atoms with Crippen molar-refractivity contribution in [3.8, 4) is 0 Å². The second-order valence-corrected chi connectivity index (χ2v) is 5.97. The van der Waals surface area contributed by atoms with Gasteiger partial charge in [0.25, 0.3) is 0 Å². The third-order valence-corrected chi connectivity index (χ3v) is 4.43. The molecule has 1 aliphatic carbocycles. The van der Waals surface area contributed by atoms with Gasteiger partial charge in [0.15, 0.2) is 0 Å². The summed E-state index contributed by atoms with van der Waals surface area (Å²) in [5.74, 6) is 0.975. The summed E-state index contributed by atoms with van der Waals surface area (Å²) in [6.45, 7) is 5.54. The topological polar surface area (TPSA) is 24.9 Å². The van der Waals surface area contributed by atoms with E-state index in [1.165, 1.54) is 56.1 Å². The monoisotopic (exact) mass is 260 g/mol. The first-order valence-electron chi connectivity index (χ1n) is 7.95. The molecule has 1 heterocycles. The van der Waals surface area contributed by atoms with Crippen LogP contribution in [0, 0.1) is 12.8 Å². The summed E-state index contributed by atoms with van der Waals surface area (Å²) >= 11 is 0. The van der Waals surface area contributed by atoms with Crippen LogP contribution < -0.4 is 5.32 Å². The lowest BCUT2D eigenvalue weighted by atomic mass is 9.93. The molecule has 1 atom stereocenters. The summed E-state index contributed by atoms with van der Waals surface area (Å²) in [5, 5.41) is 3.71. The maximum Gasteiger partial charge on any atom is 0.0338 e. The van der Waals surface area contributed by atoms with Crippen molar-refractivity contribution in [1.82, 2.24) is 10.3 Å². The first kappa shape index (κ1) is 14.5. The molecule has 1 fully saturated rings. The predicted octanol–water partition coefficient (Wildman–Crippen LogP) is 4.40. The van der Waals surface area contributed by atoms with Gasteiger partial charge in [0, 0.05) is 18.4 Å². The van der Waals surface area contributed by atoms with Gasteiger partial charge in [-0.15, -0.1) is 0 Å². The Kier molecular flexibility index (Phi) is 5.84. The van der Waals surface area contributed by atoms with Crippen LogP contribution in [-0.2, 0) is 0 Å². The van der Waals surface area contributed by atoms with Crippen molar-refractivity contribution in [3.05, 3.63) is 29.6 Å². The van der Waals surface area contributed by atoms with E-state index in [-0.39, 0.29) is 0 Å². The van der Waals surface area contributed by atoms with Gasteiger partial charge in [0.2, 0.25) is 0 Å². The van der Waals surface area contributed by atoms with Crippen molar-refractivity contribution in [3.63, 3.8) is 0 Å². The highest BCUT2D eigenvalue weighted by Crippen LogP contribution is 2.31. The van der Waals surface area contributed by atoms with E-state index in [0.717, 1.165) is 12.5 Å². The van der Waals surface area contributed by atoms with Gasteiger partial charge in [0.1, 0.15) is 0 Å². The molecule has 2 nitrogen and oxygen atoms in total. The molecule has 106 valence electrons. The molecule has 0 amide bonds. The van der Waals surface area contributed by atoms with E-state index in [1.54, 1.807) is 0 Å². The molecule has 1 unspecified atom stereocenters. The minimum atomic E-state index is 0.495. The summed E-state index contributed by atoms with van der Waals surface area (Å²) < 4.78 is 0. The first-order valence-corrected chi connectivity index (χ1v) is 7.95. The normalized spacial score (nSPS) is 17.8. The zero-order chi connectivity index (χ0) is 13.5. The molecule has 1 saturated carbocycles. The minimum Gasteiger partial charge on any atom is -0.310 e. The van der Waals surface area contributed by atoms with Crippen molar-refractivity contribution in [2.45, 2.75) is 64.8 Å². The molecule has 19 heavy (non-hydrogen) atoms. The van der Waals surface area contributed by atoms with Crippen molar-refractivity contribution < 1.29 is 0 Å². The maximum atomic E-state index is 4.31. The van der Waals surface area contributed by atoms with Crippen LogP contribution in [-0.4, -0.2) is 11.5 Å². The highest BCUT2D eigenvalue weighted by molar-refractivity contribution is 5.25. The third-order valence-electron chi connectivity index (χ3n) is 4.43. The standard InChI is InChI=1S/C17H28N2/c1-3-11-19-17(9-8-15-6-4-5-7-15)16-13-18-12-10-14(16)2/h10,12-13,15,17,19H,3-9,11H2,1-2H3. The average molecular weight is 260 g/mol. The Balaban J connectivity index is 1.96. The molecule has 0 radical (unpaired) electrons. The molecule has 0 bridgehead atoms. The van der Waals surface area contributed by atoms with Gasteiger partial charge in [-0.05, 0) is 55.8 Å². The quantitative estimate of drug-likeness (QED) is 0.786. The van der Waals surface area contributed by atoms with Crippen LogP contribution in [0.1, 0.15) is 69.0 Å². The molecular weight excluding hydrogens is 232 g/mol. The Bertz CT molecular complexity index is 369. The van der Waals surface area contributed by atoms with E-state index in [1.807, 2.05) is 6.20 Å². The number of nitrogens with one attached hydrogen (secondary N) is 1. The zero-order valence-corrected chi connectivity index (χ0v) is 12.5.